The number of quaternary nitrogens is 1. The maximum atomic E-state index is 10.2. The summed E-state index contributed by atoms with van der Waals surface area (Å²) in [5, 5.41) is 10.2. The van der Waals surface area contributed by atoms with E-state index in [0.29, 0.717) is 0 Å². The molecule has 0 aromatic heterocycles. The van der Waals surface area contributed by atoms with Crippen molar-refractivity contribution < 1.29 is 9.59 Å². The van der Waals surface area contributed by atoms with Gasteiger partial charge < -0.3 is 5.11 Å². The van der Waals surface area contributed by atoms with Crippen molar-refractivity contribution in [3.63, 3.8) is 0 Å². The minimum atomic E-state index is -0.311. The van der Waals surface area contributed by atoms with Gasteiger partial charge in [-0.25, -0.2) is 4.99 Å². The molecule has 3 heteroatoms. The zero-order chi connectivity index (χ0) is 19.1. The summed E-state index contributed by atoms with van der Waals surface area (Å²) in [6, 6.07) is 0. The van der Waals surface area contributed by atoms with E-state index < -0.39 is 0 Å². The Kier molecular flexibility index (Phi) is 12.9. The summed E-state index contributed by atoms with van der Waals surface area (Å²) >= 11 is 0. The first kappa shape index (κ1) is 23.4. The van der Waals surface area contributed by atoms with Crippen molar-refractivity contribution in [3.8, 4) is 0 Å². The monoisotopic (exact) mass is 365 g/mol. The van der Waals surface area contributed by atoms with E-state index in [-0.39, 0.29) is 12.4 Å². The molecule has 1 aliphatic heterocycles. The third kappa shape index (κ3) is 8.35. The largest absolute Gasteiger partial charge is 0.345 e. The Labute approximate surface area is 163 Å². The lowest BCUT2D eigenvalue weighted by atomic mass is 10.0. The first-order valence-corrected chi connectivity index (χ1v) is 11.4. The molecular weight excluding hydrogens is 320 g/mol. The number of aliphatic hydroxyl groups excluding tert-OH is 1. The third-order valence-electron chi connectivity index (χ3n) is 6.08. The maximum Gasteiger partial charge on any atom is 0.189 e. The number of unbranched alkanes of at least 4 members (excludes halogenated alkanes) is 10. The van der Waals surface area contributed by atoms with Gasteiger partial charge in [-0.2, -0.15) is 0 Å². The highest BCUT2D eigenvalue weighted by Crippen LogP contribution is 2.26. The zero-order valence-electron chi connectivity index (χ0n) is 17.8. The number of nitrogens with zero attached hydrogens (tertiary/aromatic N) is 2. The van der Waals surface area contributed by atoms with Crippen molar-refractivity contribution >= 4 is 6.21 Å². The molecule has 0 bridgehead atoms. The van der Waals surface area contributed by atoms with Crippen molar-refractivity contribution in [2.45, 2.75) is 117 Å². The Bertz CT molecular complexity index is 392. The molecule has 0 radical (unpaired) electrons. The molecule has 26 heavy (non-hydrogen) atoms. The molecule has 3 atom stereocenters. The van der Waals surface area contributed by atoms with Gasteiger partial charge in [-0.15, -0.1) is 0 Å². The lowest BCUT2D eigenvalue weighted by Crippen LogP contribution is -2.57. The highest BCUT2D eigenvalue weighted by molar-refractivity contribution is 5.60. The van der Waals surface area contributed by atoms with Crippen LogP contribution in [0.4, 0.5) is 0 Å². The summed E-state index contributed by atoms with van der Waals surface area (Å²) in [6.45, 7) is 8.20. The minimum absolute atomic E-state index is 0.284. The van der Waals surface area contributed by atoms with Crippen molar-refractivity contribution in [3.05, 3.63) is 12.2 Å². The normalized spacial score (nSPS) is 23.9. The Morgan fingerprint density at radius 2 is 1.54 bits per heavy atom. The van der Waals surface area contributed by atoms with Crippen LogP contribution < -0.4 is 0 Å². The molecule has 3 unspecified atom stereocenters. The molecule has 0 saturated carbocycles. The summed E-state index contributed by atoms with van der Waals surface area (Å²) in [6.07, 6.45) is 23.9. The van der Waals surface area contributed by atoms with Crippen LogP contribution in [0.3, 0.4) is 0 Å². The SMILES string of the molecule is CCC/C=C/CCCCCCCCCCCC1N=CC[N+]1(CC)C(C)O. The smallest absolute Gasteiger partial charge is 0.189 e. The van der Waals surface area contributed by atoms with E-state index in [4.69, 9.17) is 0 Å². The molecule has 1 rings (SSSR count). The lowest BCUT2D eigenvalue weighted by molar-refractivity contribution is -0.976. The van der Waals surface area contributed by atoms with Gasteiger partial charge in [0.1, 0.15) is 6.54 Å². The molecule has 0 aliphatic carbocycles. The summed E-state index contributed by atoms with van der Waals surface area (Å²) < 4.78 is 0.744. The summed E-state index contributed by atoms with van der Waals surface area (Å²) in [5.41, 5.74) is 0. The molecular formula is C23H45N2O+. The van der Waals surface area contributed by atoms with Crippen LogP contribution >= 0.6 is 0 Å². The maximum absolute atomic E-state index is 10.2. The molecule has 0 spiro atoms. The van der Waals surface area contributed by atoms with E-state index in [1.54, 1.807) is 0 Å². The summed E-state index contributed by atoms with van der Waals surface area (Å²) in [5.74, 6) is 0. The fourth-order valence-corrected chi connectivity index (χ4v) is 4.14. The summed E-state index contributed by atoms with van der Waals surface area (Å²) in [7, 11) is 0. The number of allylic oxidation sites excluding steroid dienone is 2. The van der Waals surface area contributed by atoms with E-state index in [9.17, 15) is 5.11 Å². The van der Waals surface area contributed by atoms with Gasteiger partial charge in [0.05, 0.1) is 12.8 Å². The van der Waals surface area contributed by atoms with E-state index >= 15 is 0 Å². The number of hydrogen-bond donors (Lipinski definition) is 1. The van der Waals surface area contributed by atoms with E-state index in [0.717, 1.165) is 24.0 Å². The van der Waals surface area contributed by atoms with Gasteiger partial charge in [0, 0.05) is 13.3 Å². The molecule has 0 amide bonds. The van der Waals surface area contributed by atoms with Gasteiger partial charge in [-0.3, -0.25) is 4.48 Å². The van der Waals surface area contributed by atoms with Gasteiger partial charge in [0.2, 0.25) is 0 Å². The molecule has 1 N–H and O–H groups in total. The Hall–Kier alpha value is -0.670. The van der Waals surface area contributed by atoms with Crippen LogP contribution in [0.5, 0.6) is 0 Å². The second kappa shape index (κ2) is 14.4. The van der Waals surface area contributed by atoms with Crippen molar-refractivity contribution in [1.29, 1.82) is 0 Å². The lowest BCUT2D eigenvalue weighted by Gasteiger charge is -2.40. The fourth-order valence-electron chi connectivity index (χ4n) is 4.14. The molecule has 0 fully saturated rings. The van der Waals surface area contributed by atoms with E-state index in [1.165, 1.54) is 77.0 Å². The predicted molar refractivity (Wildman–Crippen MR) is 114 cm³/mol. The second-order valence-corrected chi connectivity index (χ2v) is 8.07. The zero-order valence-corrected chi connectivity index (χ0v) is 17.8. The fraction of sp³-hybridized carbons (Fsp3) is 0.870. The minimum Gasteiger partial charge on any atom is -0.345 e. The van der Waals surface area contributed by atoms with Crippen molar-refractivity contribution in [1.82, 2.24) is 0 Å². The second-order valence-electron chi connectivity index (χ2n) is 8.07. The Morgan fingerprint density at radius 1 is 0.962 bits per heavy atom. The molecule has 1 heterocycles. The topological polar surface area (TPSA) is 32.6 Å². The number of rotatable bonds is 16. The van der Waals surface area contributed by atoms with E-state index in [1.807, 2.05) is 13.1 Å². The van der Waals surface area contributed by atoms with Crippen molar-refractivity contribution in [2.24, 2.45) is 4.99 Å². The predicted octanol–water partition coefficient (Wildman–Crippen LogP) is 6.22. The average molecular weight is 366 g/mol. The standard InChI is InChI=1S/C23H45N2O/c1-4-6-7-8-9-10-11-12-13-14-15-16-17-18-19-23-24-20-21-25(23,5-2)22(3)26/h7-8,20,22-23,26H,4-6,9-19,21H2,1-3H3/q+1/b8-7+. The average Bonchev–Trinajstić information content (AvgIpc) is 3.06. The van der Waals surface area contributed by atoms with Crippen LogP contribution in [0, 0.1) is 0 Å². The van der Waals surface area contributed by atoms with Crippen LogP contribution in [0.1, 0.15) is 104 Å². The third-order valence-corrected chi connectivity index (χ3v) is 6.08. The summed E-state index contributed by atoms with van der Waals surface area (Å²) in [4.78, 5) is 4.66. The Balaban J connectivity index is 1.94. The van der Waals surface area contributed by atoms with Crippen LogP contribution in [-0.4, -0.2) is 41.3 Å². The molecule has 1 aliphatic rings. The quantitative estimate of drug-likeness (QED) is 0.196. The van der Waals surface area contributed by atoms with E-state index in [2.05, 4.69) is 31.0 Å². The Morgan fingerprint density at radius 3 is 2.12 bits per heavy atom. The number of aliphatic imine (C=N–C) groups is 1. The van der Waals surface area contributed by atoms with Gasteiger partial charge in [0.25, 0.3) is 0 Å². The first-order valence-electron chi connectivity index (χ1n) is 11.4. The molecule has 3 nitrogen and oxygen atoms in total. The highest BCUT2D eigenvalue weighted by Gasteiger charge is 2.41. The number of hydrogen-bond acceptors (Lipinski definition) is 2. The molecule has 0 aromatic carbocycles. The molecule has 0 saturated heterocycles. The van der Waals surface area contributed by atoms with Crippen LogP contribution in [0.2, 0.25) is 0 Å². The van der Waals surface area contributed by atoms with Gasteiger partial charge in [-0.05, 0) is 32.6 Å². The van der Waals surface area contributed by atoms with Crippen LogP contribution in [-0.2, 0) is 0 Å². The highest BCUT2D eigenvalue weighted by atomic mass is 16.3. The van der Waals surface area contributed by atoms with Crippen LogP contribution in [0.25, 0.3) is 0 Å². The molecule has 152 valence electrons. The van der Waals surface area contributed by atoms with Crippen LogP contribution in [0.15, 0.2) is 17.1 Å². The van der Waals surface area contributed by atoms with Crippen molar-refractivity contribution in [2.75, 3.05) is 13.1 Å². The first-order chi connectivity index (χ1) is 12.7. The molecule has 0 aromatic rings. The number of aliphatic hydroxyl groups is 1. The van der Waals surface area contributed by atoms with Gasteiger partial charge in [-0.1, -0.05) is 70.4 Å². The van der Waals surface area contributed by atoms with Gasteiger partial charge >= 0.3 is 0 Å². The van der Waals surface area contributed by atoms with Gasteiger partial charge in [0.15, 0.2) is 12.4 Å².